The highest BCUT2D eigenvalue weighted by atomic mass is 16.4. The van der Waals surface area contributed by atoms with Gasteiger partial charge in [-0.15, -0.1) is 0 Å². The highest BCUT2D eigenvalue weighted by Crippen LogP contribution is 2.38. The molecule has 3 N–H and O–H groups in total. The summed E-state index contributed by atoms with van der Waals surface area (Å²) in [6.45, 7) is 1.63. The number of nitrogens with one attached hydrogen (secondary N) is 2. The molecule has 7 nitrogen and oxygen atoms in total. The lowest BCUT2D eigenvalue weighted by molar-refractivity contribution is -0.148. The van der Waals surface area contributed by atoms with Crippen LogP contribution in [0.5, 0.6) is 0 Å². The first-order chi connectivity index (χ1) is 8.93. The number of H-pyrrole nitrogens is 1. The number of carboxylic acid groups (broad SMARTS) is 1. The van der Waals surface area contributed by atoms with Gasteiger partial charge in [-0.05, 0) is 19.8 Å². The molecule has 0 aliphatic heterocycles. The summed E-state index contributed by atoms with van der Waals surface area (Å²) in [5.74, 6) is -1.39. The van der Waals surface area contributed by atoms with E-state index >= 15 is 0 Å². The smallest absolute Gasteiger partial charge is 0.311 e. The molecule has 2 rings (SSSR count). The zero-order valence-corrected chi connectivity index (χ0v) is 10.5. The minimum atomic E-state index is -0.947. The number of aromatic nitrogens is 2. The van der Waals surface area contributed by atoms with Crippen LogP contribution in [0.3, 0.4) is 0 Å². The Morgan fingerprint density at radius 3 is 2.89 bits per heavy atom. The number of hydrogen-bond donors (Lipinski definition) is 3. The number of aromatic amines is 1. The van der Waals surface area contributed by atoms with Crippen molar-refractivity contribution in [2.45, 2.75) is 32.2 Å². The molecule has 102 valence electrons. The molecule has 1 fully saturated rings. The van der Waals surface area contributed by atoms with Crippen molar-refractivity contribution in [3.63, 3.8) is 0 Å². The molecule has 0 saturated heterocycles. The summed E-state index contributed by atoms with van der Waals surface area (Å²) >= 11 is 0. The SMILES string of the molecule is CC1(C(=O)O)CCCC1NC(=O)c1c[nH]c(=O)cn1. The third-order valence-electron chi connectivity index (χ3n) is 3.66. The van der Waals surface area contributed by atoms with Crippen molar-refractivity contribution in [3.8, 4) is 0 Å². The number of aliphatic carboxylic acids is 1. The number of rotatable bonds is 3. The molecule has 1 aromatic heterocycles. The van der Waals surface area contributed by atoms with Crippen molar-refractivity contribution in [1.29, 1.82) is 0 Å². The maximum absolute atomic E-state index is 11.9. The Kier molecular flexibility index (Phi) is 3.37. The summed E-state index contributed by atoms with van der Waals surface area (Å²) in [5.41, 5.74) is -1.27. The van der Waals surface area contributed by atoms with E-state index in [1.54, 1.807) is 6.92 Å². The van der Waals surface area contributed by atoms with Crippen molar-refractivity contribution in [3.05, 3.63) is 28.4 Å². The Hall–Kier alpha value is -2.18. The molecule has 2 unspecified atom stereocenters. The number of carbonyl (C=O) groups is 2. The van der Waals surface area contributed by atoms with Crippen LogP contribution in [0.15, 0.2) is 17.2 Å². The lowest BCUT2D eigenvalue weighted by Crippen LogP contribution is -2.47. The van der Waals surface area contributed by atoms with E-state index in [4.69, 9.17) is 0 Å². The maximum Gasteiger partial charge on any atom is 0.311 e. The highest BCUT2D eigenvalue weighted by molar-refractivity contribution is 5.92. The van der Waals surface area contributed by atoms with Crippen molar-refractivity contribution < 1.29 is 14.7 Å². The van der Waals surface area contributed by atoms with Crippen molar-refractivity contribution in [1.82, 2.24) is 15.3 Å². The summed E-state index contributed by atoms with van der Waals surface area (Å²) in [5, 5.41) is 11.9. The van der Waals surface area contributed by atoms with E-state index in [2.05, 4.69) is 15.3 Å². The van der Waals surface area contributed by atoms with E-state index in [0.29, 0.717) is 12.8 Å². The number of carboxylic acids is 1. The van der Waals surface area contributed by atoms with E-state index in [0.717, 1.165) is 12.6 Å². The first-order valence-corrected chi connectivity index (χ1v) is 6.02. The number of carbonyl (C=O) groups excluding carboxylic acids is 1. The fourth-order valence-electron chi connectivity index (χ4n) is 2.35. The van der Waals surface area contributed by atoms with Gasteiger partial charge in [-0.25, -0.2) is 4.98 Å². The standard InChI is InChI=1S/C12H15N3O4/c1-12(11(18)19)4-2-3-8(12)15-10(17)7-5-14-9(16)6-13-7/h5-6,8H,2-4H2,1H3,(H,14,16)(H,15,17)(H,18,19). The largest absolute Gasteiger partial charge is 0.481 e. The zero-order chi connectivity index (χ0) is 14.0. The Balaban J connectivity index is 2.13. The molecule has 1 aromatic rings. The van der Waals surface area contributed by atoms with Crippen LogP contribution >= 0.6 is 0 Å². The second-order valence-electron chi connectivity index (χ2n) is 4.94. The van der Waals surface area contributed by atoms with Gasteiger partial charge in [0.15, 0.2) is 0 Å². The Labute approximate surface area is 109 Å². The lowest BCUT2D eigenvalue weighted by Gasteiger charge is -2.27. The van der Waals surface area contributed by atoms with Gasteiger partial charge in [-0.3, -0.25) is 14.4 Å². The third kappa shape index (κ3) is 2.49. The number of hydrogen-bond acceptors (Lipinski definition) is 4. The molecular weight excluding hydrogens is 250 g/mol. The van der Waals surface area contributed by atoms with Crippen LogP contribution in [-0.2, 0) is 4.79 Å². The maximum atomic E-state index is 11.9. The van der Waals surface area contributed by atoms with Crippen LogP contribution < -0.4 is 10.9 Å². The summed E-state index contributed by atoms with van der Waals surface area (Å²) in [6, 6.07) is -0.425. The molecule has 2 atom stereocenters. The van der Waals surface area contributed by atoms with E-state index in [1.807, 2.05) is 0 Å². The van der Waals surface area contributed by atoms with Crippen molar-refractivity contribution in [2.75, 3.05) is 0 Å². The molecule has 1 amide bonds. The van der Waals surface area contributed by atoms with Gasteiger partial charge < -0.3 is 15.4 Å². The van der Waals surface area contributed by atoms with Gasteiger partial charge in [0.2, 0.25) is 0 Å². The minimum absolute atomic E-state index is 0.0687. The fourth-order valence-corrected chi connectivity index (χ4v) is 2.35. The van der Waals surface area contributed by atoms with Gasteiger partial charge in [-0.2, -0.15) is 0 Å². The van der Waals surface area contributed by atoms with Crippen LogP contribution in [0, 0.1) is 5.41 Å². The quantitative estimate of drug-likeness (QED) is 0.719. The van der Waals surface area contributed by atoms with Gasteiger partial charge in [0.1, 0.15) is 5.69 Å². The molecule has 1 aliphatic carbocycles. The summed E-state index contributed by atoms with van der Waals surface area (Å²) in [4.78, 5) is 40.1. The van der Waals surface area contributed by atoms with E-state index in [9.17, 15) is 19.5 Å². The van der Waals surface area contributed by atoms with E-state index < -0.39 is 28.9 Å². The number of amides is 1. The third-order valence-corrected chi connectivity index (χ3v) is 3.66. The minimum Gasteiger partial charge on any atom is -0.481 e. The Bertz CT molecular complexity index is 548. The Morgan fingerprint density at radius 1 is 1.58 bits per heavy atom. The predicted molar refractivity (Wildman–Crippen MR) is 65.7 cm³/mol. The first-order valence-electron chi connectivity index (χ1n) is 6.02. The van der Waals surface area contributed by atoms with E-state index in [-0.39, 0.29) is 5.69 Å². The average Bonchev–Trinajstić information content (AvgIpc) is 2.73. The zero-order valence-electron chi connectivity index (χ0n) is 10.5. The number of nitrogens with zero attached hydrogens (tertiary/aromatic N) is 1. The summed E-state index contributed by atoms with van der Waals surface area (Å²) in [7, 11) is 0. The summed E-state index contributed by atoms with van der Waals surface area (Å²) < 4.78 is 0. The molecule has 19 heavy (non-hydrogen) atoms. The van der Waals surface area contributed by atoms with Crippen LogP contribution in [-0.4, -0.2) is 33.0 Å². The molecule has 7 heteroatoms. The monoisotopic (exact) mass is 265 g/mol. The van der Waals surface area contributed by atoms with Crippen molar-refractivity contribution >= 4 is 11.9 Å². The second-order valence-corrected chi connectivity index (χ2v) is 4.94. The van der Waals surface area contributed by atoms with Crippen LogP contribution in [0.1, 0.15) is 36.7 Å². The van der Waals surface area contributed by atoms with Gasteiger partial charge >= 0.3 is 5.97 Å². The second kappa shape index (κ2) is 4.83. The van der Waals surface area contributed by atoms with Gasteiger partial charge in [0, 0.05) is 12.2 Å². The summed E-state index contributed by atoms with van der Waals surface area (Å²) in [6.07, 6.45) is 4.14. The lowest BCUT2D eigenvalue weighted by atomic mass is 9.85. The fraction of sp³-hybridized carbons (Fsp3) is 0.500. The molecule has 1 aliphatic rings. The molecule has 0 spiro atoms. The highest BCUT2D eigenvalue weighted by Gasteiger charge is 2.46. The molecule has 1 heterocycles. The normalized spacial score (nSPS) is 26.1. The molecule has 0 radical (unpaired) electrons. The average molecular weight is 265 g/mol. The van der Waals surface area contributed by atoms with Gasteiger partial charge in [0.05, 0.1) is 11.6 Å². The Morgan fingerprint density at radius 2 is 2.32 bits per heavy atom. The van der Waals surface area contributed by atoms with Gasteiger partial charge in [0.25, 0.3) is 11.5 Å². The molecule has 0 aromatic carbocycles. The van der Waals surface area contributed by atoms with E-state index in [1.165, 1.54) is 6.20 Å². The molecular formula is C12H15N3O4. The topological polar surface area (TPSA) is 112 Å². The predicted octanol–water partition coefficient (Wildman–Crippen LogP) is 0.143. The first kappa shape index (κ1) is 13.3. The van der Waals surface area contributed by atoms with Gasteiger partial charge in [-0.1, -0.05) is 6.42 Å². The van der Waals surface area contributed by atoms with Crippen molar-refractivity contribution in [2.24, 2.45) is 5.41 Å². The molecule has 1 saturated carbocycles. The van der Waals surface area contributed by atoms with Crippen LogP contribution in [0.2, 0.25) is 0 Å². The van der Waals surface area contributed by atoms with Crippen LogP contribution in [0.4, 0.5) is 0 Å². The van der Waals surface area contributed by atoms with Crippen LogP contribution in [0.25, 0.3) is 0 Å². The molecule has 0 bridgehead atoms.